The van der Waals surface area contributed by atoms with E-state index >= 15 is 0 Å². The van der Waals surface area contributed by atoms with E-state index in [0.29, 0.717) is 0 Å². The van der Waals surface area contributed by atoms with Crippen molar-refractivity contribution in [2.75, 3.05) is 36.4 Å². The van der Waals surface area contributed by atoms with Crippen LogP contribution < -0.4 is 10.2 Å². The van der Waals surface area contributed by atoms with Crippen molar-refractivity contribution in [3.8, 4) is 0 Å². The summed E-state index contributed by atoms with van der Waals surface area (Å²) >= 11 is 0. The number of nitrogens with zero attached hydrogens (tertiary/aromatic N) is 2. The number of amides is 2. The van der Waals surface area contributed by atoms with Crippen molar-refractivity contribution >= 4 is 17.4 Å². The maximum atomic E-state index is 12.5. The molecule has 0 bridgehead atoms. The largest absolute Gasteiger partial charge is 0.368 e. The van der Waals surface area contributed by atoms with Crippen molar-refractivity contribution in [1.82, 2.24) is 4.90 Å². The van der Waals surface area contributed by atoms with Crippen LogP contribution in [0.2, 0.25) is 0 Å². The van der Waals surface area contributed by atoms with Crippen LogP contribution in [0.15, 0.2) is 48.5 Å². The van der Waals surface area contributed by atoms with Gasteiger partial charge in [-0.1, -0.05) is 45.0 Å². The predicted octanol–water partition coefficient (Wildman–Crippen LogP) is 4.65. The molecule has 1 aliphatic rings. The van der Waals surface area contributed by atoms with Crippen molar-refractivity contribution in [3.05, 3.63) is 59.7 Å². The smallest absolute Gasteiger partial charge is 0.321 e. The summed E-state index contributed by atoms with van der Waals surface area (Å²) < 4.78 is 0. The van der Waals surface area contributed by atoms with Crippen molar-refractivity contribution in [2.45, 2.75) is 33.1 Å². The van der Waals surface area contributed by atoms with Gasteiger partial charge in [0.25, 0.3) is 0 Å². The highest BCUT2D eigenvalue weighted by molar-refractivity contribution is 5.89. The first-order valence-corrected chi connectivity index (χ1v) is 9.31. The molecule has 1 fully saturated rings. The lowest BCUT2D eigenvalue weighted by atomic mass is 9.87. The topological polar surface area (TPSA) is 35.6 Å². The predicted molar refractivity (Wildman–Crippen MR) is 109 cm³/mol. The van der Waals surface area contributed by atoms with E-state index in [1.54, 1.807) is 0 Å². The molecule has 26 heavy (non-hydrogen) atoms. The Morgan fingerprint density at radius 2 is 1.62 bits per heavy atom. The van der Waals surface area contributed by atoms with Gasteiger partial charge in [-0.2, -0.15) is 0 Å². The van der Waals surface area contributed by atoms with Gasteiger partial charge < -0.3 is 15.1 Å². The molecule has 1 saturated heterocycles. The molecule has 0 unspecified atom stereocenters. The molecule has 2 aromatic rings. The van der Waals surface area contributed by atoms with E-state index in [2.05, 4.69) is 55.3 Å². The molecule has 1 N–H and O–H groups in total. The molecule has 138 valence electrons. The van der Waals surface area contributed by atoms with E-state index in [1.807, 2.05) is 36.1 Å². The number of benzene rings is 2. The Labute approximate surface area is 156 Å². The minimum absolute atomic E-state index is 0.0154. The minimum atomic E-state index is -0.0154. The molecule has 3 rings (SSSR count). The maximum absolute atomic E-state index is 12.5. The first kappa shape index (κ1) is 18.3. The number of carbonyl (C=O) groups is 1. The zero-order valence-electron chi connectivity index (χ0n) is 16.2. The van der Waals surface area contributed by atoms with Crippen LogP contribution in [0.25, 0.3) is 0 Å². The summed E-state index contributed by atoms with van der Waals surface area (Å²) in [6.07, 6.45) is 0. The number of piperazine rings is 1. The average molecular weight is 351 g/mol. The van der Waals surface area contributed by atoms with Gasteiger partial charge in [-0.05, 0) is 47.7 Å². The number of aryl methyl sites for hydroxylation is 1. The number of rotatable bonds is 2. The lowest BCUT2D eigenvalue weighted by molar-refractivity contribution is 0.208. The molecule has 0 radical (unpaired) electrons. The van der Waals surface area contributed by atoms with Gasteiger partial charge in [-0.3, -0.25) is 0 Å². The zero-order valence-corrected chi connectivity index (χ0v) is 16.2. The van der Waals surface area contributed by atoms with Gasteiger partial charge in [-0.25, -0.2) is 4.79 Å². The summed E-state index contributed by atoms with van der Waals surface area (Å²) in [5, 5.41) is 3.00. The van der Waals surface area contributed by atoms with Crippen molar-refractivity contribution in [2.24, 2.45) is 0 Å². The van der Waals surface area contributed by atoms with E-state index < -0.39 is 0 Å². The Kier molecular flexibility index (Phi) is 5.21. The van der Waals surface area contributed by atoms with Crippen LogP contribution in [0, 0.1) is 6.92 Å². The summed E-state index contributed by atoms with van der Waals surface area (Å²) in [6, 6.07) is 16.7. The number of anilines is 2. The number of carbonyl (C=O) groups excluding carboxylic acids is 1. The Balaban J connectivity index is 1.56. The second-order valence-electron chi connectivity index (χ2n) is 8.07. The molecule has 4 heteroatoms. The fraction of sp³-hybridized carbons (Fsp3) is 0.409. The van der Waals surface area contributed by atoms with Crippen LogP contribution in [0.4, 0.5) is 16.2 Å². The van der Waals surface area contributed by atoms with Gasteiger partial charge in [0, 0.05) is 37.6 Å². The van der Waals surface area contributed by atoms with E-state index in [4.69, 9.17) is 0 Å². The third kappa shape index (κ3) is 4.37. The minimum Gasteiger partial charge on any atom is -0.368 e. The van der Waals surface area contributed by atoms with Crippen molar-refractivity contribution in [1.29, 1.82) is 0 Å². The molecule has 1 aliphatic heterocycles. The molecule has 0 atom stereocenters. The molecule has 0 spiro atoms. The number of nitrogens with one attached hydrogen (secondary N) is 1. The van der Waals surface area contributed by atoms with Crippen LogP contribution in [-0.4, -0.2) is 37.1 Å². The van der Waals surface area contributed by atoms with Gasteiger partial charge in [0.05, 0.1) is 0 Å². The highest BCUT2D eigenvalue weighted by Crippen LogP contribution is 2.25. The van der Waals surface area contributed by atoms with E-state index in [-0.39, 0.29) is 11.4 Å². The van der Waals surface area contributed by atoms with Gasteiger partial charge >= 0.3 is 6.03 Å². The van der Waals surface area contributed by atoms with Crippen LogP contribution in [0.5, 0.6) is 0 Å². The quantitative estimate of drug-likeness (QED) is 0.855. The molecule has 1 heterocycles. The van der Waals surface area contributed by atoms with E-state index in [0.717, 1.165) is 37.4 Å². The second-order valence-corrected chi connectivity index (χ2v) is 8.07. The zero-order chi connectivity index (χ0) is 18.7. The molecule has 4 nitrogen and oxygen atoms in total. The molecule has 0 saturated carbocycles. The SMILES string of the molecule is Cc1cccc(NC(=O)N2CCN(c3ccc(C(C)(C)C)cc3)CC2)c1. The summed E-state index contributed by atoms with van der Waals surface area (Å²) in [6.45, 7) is 11.9. The van der Waals surface area contributed by atoms with E-state index in [9.17, 15) is 4.79 Å². The van der Waals surface area contributed by atoms with Gasteiger partial charge in [0.15, 0.2) is 0 Å². The standard InChI is InChI=1S/C22H29N3O/c1-17-6-5-7-19(16-17)23-21(26)25-14-12-24(13-15-25)20-10-8-18(9-11-20)22(2,3)4/h5-11,16H,12-15H2,1-4H3,(H,23,26). The third-order valence-corrected chi connectivity index (χ3v) is 4.93. The van der Waals surface area contributed by atoms with Gasteiger partial charge in [0.1, 0.15) is 0 Å². The molecule has 2 amide bonds. The Morgan fingerprint density at radius 3 is 2.19 bits per heavy atom. The number of urea groups is 1. The van der Waals surface area contributed by atoms with Crippen LogP contribution in [-0.2, 0) is 5.41 Å². The third-order valence-electron chi connectivity index (χ3n) is 4.93. The molecule has 2 aromatic carbocycles. The van der Waals surface area contributed by atoms with Gasteiger partial charge in [0.2, 0.25) is 0 Å². The summed E-state index contributed by atoms with van der Waals surface area (Å²) in [5.74, 6) is 0. The molecule has 0 aromatic heterocycles. The lowest BCUT2D eigenvalue weighted by Gasteiger charge is -2.36. The molecular weight excluding hydrogens is 322 g/mol. The fourth-order valence-electron chi connectivity index (χ4n) is 3.27. The monoisotopic (exact) mass is 351 g/mol. The summed E-state index contributed by atoms with van der Waals surface area (Å²) in [7, 11) is 0. The molecular formula is C22H29N3O. The van der Waals surface area contributed by atoms with Crippen LogP contribution >= 0.6 is 0 Å². The Morgan fingerprint density at radius 1 is 0.962 bits per heavy atom. The summed E-state index contributed by atoms with van der Waals surface area (Å²) in [5.41, 5.74) is 4.75. The van der Waals surface area contributed by atoms with Crippen molar-refractivity contribution < 1.29 is 4.79 Å². The second kappa shape index (κ2) is 7.40. The maximum Gasteiger partial charge on any atom is 0.321 e. The van der Waals surface area contributed by atoms with Crippen molar-refractivity contribution in [3.63, 3.8) is 0 Å². The first-order valence-electron chi connectivity index (χ1n) is 9.31. The first-order chi connectivity index (χ1) is 12.3. The number of hydrogen-bond acceptors (Lipinski definition) is 2. The normalized spacial score (nSPS) is 15.1. The Bertz CT molecular complexity index is 754. The highest BCUT2D eigenvalue weighted by Gasteiger charge is 2.22. The van der Waals surface area contributed by atoms with Gasteiger partial charge in [-0.15, -0.1) is 0 Å². The highest BCUT2D eigenvalue weighted by atomic mass is 16.2. The van der Waals surface area contributed by atoms with E-state index in [1.165, 1.54) is 11.3 Å². The van der Waals surface area contributed by atoms with Crippen LogP contribution in [0.3, 0.4) is 0 Å². The number of hydrogen-bond donors (Lipinski definition) is 1. The van der Waals surface area contributed by atoms with Crippen LogP contribution in [0.1, 0.15) is 31.9 Å². The Hall–Kier alpha value is -2.49. The lowest BCUT2D eigenvalue weighted by Crippen LogP contribution is -2.50. The summed E-state index contributed by atoms with van der Waals surface area (Å²) in [4.78, 5) is 16.7. The fourth-order valence-corrected chi connectivity index (χ4v) is 3.27. The molecule has 0 aliphatic carbocycles. The average Bonchev–Trinajstić information content (AvgIpc) is 2.61.